The average molecular weight is 224 g/mol. The fraction of sp³-hybridized carbons (Fsp3) is 0.182. The zero-order valence-corrected chi connectivity index (χ0v) is 8.61. The molecule has 1 aromatic carbocycles. The number of aromatic nitrogens is 2. The van der Waals surface area contributed by atoms with Gasteiger partial charge in [0.1, 0.15) is 11.6 Å². The highest BCUT2D eigenvalue weighted by molar-refractivity contribution is 5.60. The lowest BCUT2D eigenvalue weighted by Crippen LogP contribution is -1.96. The van der Waals surface area contributed by atoms with E-state index in [0.29, 0.717) is 11.4 Å². The Balaban J connectivity index is 2.57. The Morgan fingerprint density at radius 1 is 1.31 bits per heavy atom. The second-order valence-electron chi connectivity index (χ2n) is 3.43. The Hall–Kier alpha value is -1.75. The van der Waals surface area contributed by atoms with Gasteiger partial charge in [0.05, 0.1) is 18.0 Å². The molecule has 0 aliphatic carbocycles. The number of rotatable bonds is 2. The predicted molar refractivity (Wildman–Crippen MR) is 54.5 cm³/mol. The zero-order valence-electron chi connectivity index (χ0n) is 8.61. The Morgan fingerprint density at radius 2 is 2.06 bits per heavy atom. The van der Waals surface area contributed by atoms with E-state index in [1.165, 1.54) is 10.7 Å². The van der Waals surface area contributed by atoms with E-state index in [0.717, 1.165) is 18.2 Å². The van der Waals surface area contributed by atoms with E-state index in [1.54, 1.807) is 7.05 Å². The van der Waals surface area contributed by atoms with Gasteiger partial charge in [-0.2, -0.15) is 5.10 Å². The number of halogens is 2. The second-order valence-corrected chi connectivity index (χ2v) is 3.43. The summed E-state index contributed by atoms with van der Waals surface area (Å²) in [5.74, 6) is -1.03. The standard InChI is InChI=1S/C11H10F2N2O/c1-15-11(5-8(6-16)14-15)9-4-7(12)2-3-10(9)13/h2-5,16H,6H2,1H3. The molecule has 2 aromatic rings. The Bertz CT molecular complexity index is 523. The molecule has 0 saturated carbocycles. The first kappa shape index (κ1) is 10.8. The van der Waals surface area contributed by atoms with Crippen molar-refractivity contribution < 1.29 is 13.9 Å². The van der Waals surface area contributed by atoms with Crippen LogP contribution in [0.4, 0.5) is 8.78 Å². The molecule has 0 aliphatic heterocycles. The van der Waals surface area contributed by atoms with E-state index in [1.807, 2.05) is 0 Å². The van der Waals surface area contributed by atoms with Gasteiger partial charge in [0.15, 0.2) is 0 Å². The van der Waals surface area contributed by atoms with Crippen molar-refractivity contribution in [3.05, 3.63) is 41.6 Å². The van der Waals surface area contributed by atoms with Crippen LogP contribution in [0.15, 0.2) is 24.3 Å². The minimum absolute atomic E-state index is 0.134. The van der Waals surface area contributed by atoms with E-state index in [4.69, 9.17) is 5.11 Å². The van der Waals surface area contributed by atoms with Crippen molar-refractivity contribution in [2.75, 3.05) is 0 Å². The van der Waals surface area contributed by atoms with Gasteiger partial charge in [-0.3, -0.25) is 4.68 Å². The molecule has 1 heterocycles. The van der Waals surface area contributed by atoms with Crippen molar-refractivity contribution in [3.8, 4) is 11.3 Å². The molecule has 3 nitrogen and oxygen atoms in total. The van der Waals surface area contributed by atoms with Crippen LogP contribution in [0.1, 0.15) is 5.69 Å². The Labute approximate surface area is 91.0 Å². The second kappa shape index (κ2) is 4.02. The number of benzene rings is 1. The van der Waals surface area contributed by atoms with E-state index < -0.39 is 11.6 Å². The minimum Gasteiger partial charge on any atom is -0.390 e. The van der Waals surface area contributed by atoms with Crippen molar-refractivity contribution in [3.63, 3.8) is 0 Å². The minimum atomic E-state index is -0.520. The summed E-state index contributed by atoms with van der Waals surface area (Å²) in [5.41, 5.74) is 0.983. The Morgan fingerprint density at radius 3 is 2.69 bits per heavy atom. The summed E-state index contributed by atoms with van der Waals surface area (Å²) >= 11 is 0. The third kappa shape index (κ3) is 1.81. The normalized spacial score (nSPS) is 10.8. The third-order valence-electron chi connectivity index (χ3n) is 2.30. The number of hydrogen-bond donors (Lipinski definition) is 1. The van der Waals surface area contributed by atoms with Gasteiger partial charge in [0.2, 0.25) is 0 Å². The number of aryl methyl sites for hydroxylation is 1. The van der Waals surface area contributed by atoms with Crippen molar-refractivity contribution >= 4 is 0 Å². The molecule has 0 unspecified atom stereocenters. The first-order valence-electron chi connectivity index (χ1n) is 4.71. The summed E-state index contributed by atoms with van der Waals surface area (Å²) in [4.78, 5) is 0. The smallest absolute Gasteiger partial charge is 0.132 e. The molecule has 2 rings (SSSR count). The molecule has 1 N–H and O–H groups in total. The molecular formula is C11H10F2N2O. The van der Waals surface area contributed by atoms with Gasteiger partial charge < -0.3 is 5.11 Å². The fourth-order valence-electron chi connectivity index (χ4n) is 1.55. The van der Waals surface area contributed by atoms with E-state index in [2.05, 4.69) is 5.10 Å². The molecular weight excluding hydrogens is 214 g/mol. The van der Waals surface area contributed by atoms with Crippen LogP contribution in [-0.2, 0) is 13.7 Å². The molecule has 0 amide bonds. The largest absolute Gasteiger partial charge is 0.390 e. The maximum atomic E-state index is 13.5. The summed E-state index contributed by atoms with van der Waals surface area (Å²) in [5, 5.41) is 12.9. The van der Waals surface area contributed by atoms with Gasteiger partial charge in [0, 0.05) is 12.6 Å². The fourth-order valence-corrected chi connectivity index (χ4v) is 1.55. The summed E-state index contributed by atoms with van der Waals surface area (Å²) < 4.78 is 27.9. The van der Waals surface area contributed by atoms with Gasteiger partial charge in [-0.1, -0.05) is 0 Å². The van der Waals surface area contributed by atoms with Gasteiger partial charge in [-0.25, -0.2) is 8.78 Å². The SMILES string of the molecule is Cn1nc(CO)cc1-c1cc(F)ccc1F. The highest BCUT2D eigenvalue weighted by Gasteiger charge is 2.12. The number of aliphatic hydroxyl groups is 1. The first-order valence-corrected chi connectivity index (χ1v) is 4.71. The molecule has 0 spiro atoms. The molecule has 0 saturated heterocycles. The van der Waals surface area contributed by atoms with Gasteiger partial charge in [-0.15, -0.1) is 0 Å². The van der Waals surface area contributed by atoms with Crippen LogP contribution in [0.3, 0.4) is 0 Å². The third-order valence-corrected chi connectivity index (χ3v) is 2.30. The molecule has 16 heavy (non-hydrogen) atoms. The molecule has 84 valence electrons. The lowest BCUT2D eigenvalue weighted by Gasteiger charge is -2.03. The Kier molecular flexibility index (Phi) is 2.70. The van der Waals surface area contributed by atoms with Crippen molar-refractivity contribution in [1.29, 1.82) is 0 Å². The summed E-state index contributed by atoms with van der Waals surface area (Å²) in [6.45, 7) is -0.231. The monoisotopic (exact) mass is 224 g/mol. The molecule has 1 aromatic heterocycles. The maximum Gasteiger partial charge on any atom is 0.132 e. The van der Waals surface area contributed by atoms with Crippen LogP contribution in [0.5, 0.6) is 0 Å². The number of nitrogens with zero attached hydrogens (tertiary/aromatic N) is 2. The number of aliphatic hydroxyl groups excluding tert-OH is 1. The van der Waals surface area contributed by atoms with E-state index in [9.17, 15) is 8.78 Å². The van der Waals surface area contributed by atoms with Gasteiger partial charge in [0.25, 0.3) is 0 Å². The van der Waals surface area contributed by atoms with Crippen LogP contribution in [-0.4, -0.2) is 14.9 Å². The number of hydrogen-bond acceptors (Lipinski definition) is 2. The van der Waals surface area contributed by atoms with Crippen molar-refractivity contribution in [1.82, 2.24) is 9.78 Å². The lowest BCUT2D eigenvalue weighted by atomic mass is 10.1. The van der Waals surface area contributed by atoms with Crippen molar-refractivity contribution in [2.45, 2.75) is 6.61 Å². The quantitative estimate of drug-likeness (QED) is 0.845. The highest BCUT2D eigenvalue weighted by atomic mass is 19.1. The predicted octanol–water partition coefficient (Wildman–Crippen LogP) is 1.86. The molecule has 0 fully saturated rings. The molecule has 0 radical (unpaired) electrons. The van der Waals surface area contributed by atoms with Crippen LogP contribution < -0.4 is 0 Å². The molecule has 0 atom stereocenters. The zero-order chi connectivity index (χ0) is 11.7. The summed E-state index contributed by atoms with van der Waals surface area (Å²) in [6, 6.07) is 4.75. The van der Waals surface area contributed by atoms with Gasteiger partial charge in [-0.05, 0) is 24.3 Å². The van der Waals surface area contributed by atoms with Crippen molar-refractivity contribution in [2.24, 2.45) is 7.05 Å². The molecule has 5 heteroatoms. The van der Waals surface area contributed by atoms with Crippen LogP contribution >= 0.6 is 0 Å². The lowest BCUT2D eigenvalue weighted by molar-refractivity contribution is 0.275. The van der Waals surface area contributed by atoms with Crippen LogP contribution in [0.25, 0.3) is 11.3 Å². The molecule has 0 aliphatic rings. The van der Waals surface area contributed by atoms with Crippen LogP contribution in [0, 0.1) is 11.6 Å². The van der Waals surface area contributed by atoms with E-state index >= 15 is 0 Å². The first-order chi connectivity index (χ1) is 7.61. The average Bonchev–Trinajstić information content (AvgIpc) is 2.63. The summed E-state index contributed by atoms with van der Waals surface area (Å²) in [6.07, 6.45) is 0. The highest BCUT2D eigenvalue weighted by Crippen LogP contribution is 2.24. The molecule has 0 bridgehead atoms. The summed E-state index contributed by atoms with van der Waals surface area (Å²) in [7, 11) is 1.61. The maximum absolute atomic E-state index is 13.5. The van der Waals surface area contributed by atoms with Gasteiger partial charge >= 0.3 is 0 Å². The topological polar surface area (TPSA) is 38.0 Å². The van der Waals surface area contributed by atoms with E-state index in [-0.39, 0.29) is 12.2 Å². The van der Waals surface area contributed by atoms with Crippen LogP contribution in [0.2, 0.25) is 0 Å².